The molecule has 5 radical (unpaired) electrons. The number of aliphatic carboxylic acids is 1. The minimum absolute atomic E-state index is 0. The molecule has 0 aromatic heterocycles. The van der Waals surface area contributed by atoms with Gasteiger partial charge < -0.3 is 15.9 Å². The number of hydrogen-bond acceptors (Lipinski definition) is 3. The summed E-state index contributed by atoms with van der Waals surface area (Å²) >= 11 is 0. The Morgan fingerprint density at radius 1 is 1.33 bits per heavy atom. The van der Waals surface area contributed by atoms with Crippen LogP contribution in [-0.4, -0.2) is 49.5 Å². The van der Waals surface area contributed by atoms with E-state index in [1.165, 1.54) is 12.1 Å². The van der Waals surface area contributed by atoms with Crippen LogP contribution < -0.4 is 5.73 Å². The van der Waals surface area contributed by atoms with E-state index in [2.05, 4.69) is 0 Å². The molecule has 6 heteroatoms. The predicted octanol–water partition coefficient (Wildman–Crippen LogP) is -0.0367. The van der Waals surface area contributed by atoms with Gasteiger partial charge in [-0.15, -0.1) is 0 Å². The Labute approximate surface area is 118 Å². The van der Waals surface area contributed by atoms with Gasteiger partial charge in [0.25, 0.3) is 0 Å². The minimum Gasteiger partial charge on any atom is -0.508 e. The van der Waals surface area contributed by atoms with Gasteiger partial charge in [-0.25, -0.2) is 0 Å². The summed E-state index contributed by atoms with van der Waals surface area (Å²) in [6.45, 7) is 0. The third kappa shape index (κ3) is 6.14. The smallest absolute Gasteiger partial charge is 0.320 e. The van der Waals surface area contributed by atoms with Crippen LogP contribution in [0.25, 0.3) is 0 Å². The van der Waals surface area contributed by atoms with Crippen molar-refractivity contribution in [3.63, 3.8) is 0 Å². The molecule has 0 spiro atoms. The van der Waals surface area contributed by atoms with Crippen molar-refractivity contribution in [2.24, 2.45) is 5.73 Å². The van der Waals surface area contributed by atoms with Gasteiger partial charge in [-0.05, 0) is 24.1 Å². The summed E-state index contributed by atoms with van der Waals surface area (Å²) in [5.74, 6) is -0.860. The number of nitrogens with two attached hydrogens (primary N) is 1. The number of rotatable bonds is 3. The van der Waals surface area contributed by atoms with Crippen molar-refractivity contribution >= 4 is 33.3 Å². The molecule has 4 N–H and O–H groups in total. The molecule has 0 aliphatic carbocycles. The molecule has 0 aliphatic heterocycles. The van der Waals surface area contributed by atoms with Crippen molar-refractivity contribution in [1.29, 1.82) is 0 Å². The summed E-state index contributed by atoms with van der Waals surface area (Å²) in [6, 6.07) is 5.42. The Morgan fingerprint density at radius 3 is 2.20 bits per heavy atom. The zero-order valence-corrected chi connectivity index (χ0v) is 12.6. The Bertz CT molecular complexity index is 305. The Hall–Kier alpha value is -0.108. The van der Waals surface area contributed by atoms with Crippen LogP contribution >= 0.6 is 0 Å². The molecule has 0 amide bonds. The fourth-order valence-corrected chi connectivity index (χ4v) is 0.973. The topological polar surface area (TPSA) is 83.5 Å². The predicted molar refractivity (Wildman–Crippen MR) is 53.2 cm³/mol. The maximum absolute atomic E-state index is 10.4. The van der Waals surface area contributed by atoms with Crippen LogP contribution in [-0.2, 0) is 28.3 Å². The van der Waals surface area contributed by atoms with Crippen molar-refractivity contribution in [1.82, 2.24) is 0 Å². The first kappa shape index (κ1) is 17.3. The third-order valence-electron chi connectivity index (χ3n) is 1.71. The van der Waals surface area contributed by atoms with Gasteiger partial charge >= 0.3 is 5.97 Å². The third-order valence-corrected chi connectivity index (χ3v) is 1.71. The molecule has 0 saturated carbocycles. The van der Waals surface area contributed by atoms with Gasteiger partial charge in [0.05, 0.1) is 0 Å². The molecule has 0 heterocycles. The second-order valence-corrected chi connectivity index (χ2v) is 2.82. The SMILES string of the molecule is N[C@@H](Cc1ccc(O)cc1)C(=O)O.[Cu].[Pb]. The monoisotopic (exact) mass is 452 g/mol. The van der Waals surface area contributed by atoms with Crippen molar-refractivity contribution < 1.29 is 32.1 Å². The molecule has 1 aromatic rings. The Morgan fingerprint density at radius 2 is 1.80 bits per heavy atom. The second kappa shape index (κ2) is 8.09. The summed E-state index contributed by atoms with van der Waals surface area (Å²) in [4.78, 5) is 10.4. The average molecular weight is 452 g/mol. The normalized spacial score (nSPS) is 10.7. The summed E-state index contributed by atoms with van der Waals surface area (Å²) in [7, 11) is 0. The van der Waals surface area contributed by atoms with Crippen LogP contribution in [0.1, 0.15) is 5.56 Å². The zero-order valence-electron chi connectivity index (χ0n) is 7.78. The quantitative estimate of drug-likeness (QED) is 0.563. The largest absolute Gasteiger partial charge is 0.508 e. The number of aromatic hydroxyl groups is 1. The van der Waals surface area contributed by atoms with Crippen molar-refractivity contribution in [2.45, 2.75) is 12.5 Å². The van der Waals surface area contributed by atoms with Gasteiger partial charge in [-0.1, -0.05) is 12.1 Å². The number of carboxylic acid groups (broad SMARTS) is 1. The summed E-state index contributed by atoms with van der Waals surface area (Å²) in [6.07, 6.45) is 0.273. The molecule has 0 fully saturated rings. The first-order chi connectivity index (χ1) is 6.09. The van der Waals surface area contributed by atoms with Crippen LogP contribution in [0.15, 0.2) is 24.3 Å². The minimum atomic E-state index is -1.02. The molecular formula is C9H11CuNO3Pb. The van der Waals surface area contributed by atoms with Crippen LogP contribution in [0, 0.1) is 0 Å². The fraction of sp³-hybridized carbons (Fsp3) is 0.222. The number of benzene rings is 1. The van der Waals surface area contributed by atoms with Crippen LogP contribution in [0.5, 0.6) is 5.75 Å². The van der Waals surface area contributed by atoms with E-state index in [-0.39, 0.29) is 56.5 Å². The van der Waals surface area contributed by atoms with Crippen LogP contribution in [0.2, 0.25) is 0 Å². The maximum Gasteiger partial charge on any atom is 0.320 e. The number of phenols is 1. The number of hydrogen-bond donors (Lipinski definition) is 3. The van der Waals surface area contributed by atoms with E-state index in [1.807, 2.05) is 0 Å². The summed E-state index contributed by atoms with van der Waals surface area (Å²) < 4.78 is 0. The van der Waals surface area contributed by atoms with E-state index in [0.29, 0.717) is 0 Å². The fourth-order valence-electron chi connectivity index (χ4n) is 0.973. The molecule has 0 unspecified atom stereocenters. The summed E-state index contributed by atoms with van der Waals surface area (Å²) in [5, 5.41) is 17.5. The molecule has 0 bridgehead atoms. The van der Waals surface area contributed by atoms with E-state index < -0.39 is 12.0 Å². The van der Waals surface area contributed by atoms with E-state index in [9.17, 15) is 4.79 Å². The first-order valence-corrected chi connectivity index (χ1v) is 3.86. The summed E-state index contributed by atoms with van der Waals surface area (Å²) in [5.41, 5.74) is 6.12. The van der Waals surface area contributed by atoms with Gasteiger partial charge in [-0.2, -0.15) is 0 Å². The van der Waals surface area contributed by atoms with Crippen molar-refractivity contribution in [3.8, 4) is 5.75 Å². The van der Waals surface area contributed by atoms with Gasteiger partial charge in [0.2, 0.25) is 0 Å². The van der Waals surface area contributed by atoms with E-state index in [0.717, 1.165) is 5.56 Å². The molecule has 1 atom stereocenters. The molecule has 0 aliphatic rings. The first-order valence-electron chi connectivity index (χ1n) is 3.86. The standard InChI is InChI=1S/C9H11NO3.Cu.Pb/c10-8(9(12)13)5-6-1-3-7(11)4-2-6;;/h1-4,8,11H,5,10H2,(H,12,13);;/t8-;;/m0../s1. The van der Waals surface area contributed by atoms with Gasteiger partial charge in [0, 0.05) is 44.4 Å². The molecule has 1 rings (SSSR count). The number of phenolic OH excluding ortho intramolecular Hbond substituents is 1. The molecular weight excluding hydrogens is 441 g/mol. The van der Waals surface area contributed by atoms with Gasteiger partial charge in [0.1, 0.15) is 11.8 Å². The van der Waals surface area contributed by atoms with E-state index in [4.69, 9.17) is 15.9 Å². The maximum atomic E-state index is 10.4. The molecule has 0 saturated heterocycles. The average Bonchev–Trinajstić information content (AvgIpc) is 2.08. The number of carboxylic acids is 1. The molecule has 85 valence electrons. The van der Waals surface area contributed by atoms with E-state index >= 15 is 0 Å². The second-order valence-electron chi connectivity index (χ2n) is 2.82. The van der Waals surface area contributed by atoms with Crippen molar-refractivity contribution in [2.75, 3.05) is 0 Å². The van der Waals surface area contributed by atoms with Gasteiger partial charge in [-0.3, -0.25) is 4.79 Å². The van der Waals surface area contributed by atoms with E-state index in [1.54, 1.807) is 12.1 Å². The Balaban J connectivity index is 0. The molecule has 4 nitrogen and oxygen atoms in total. The molecule has 15 heavy (non-hydrogen) atoms. The molecule has 1 aromatic carbocycles. The van der Waals surface area contributed by atoms with Crippen LogP contribution in [0.4, 0.5) is 0 Å². The van der Waals surface area contributed by atoms with Crippen molar-refractivity contribution in [3.05, 3.63) is 29.8 Å². The van der Waals surface area contributed by atoms with Crippen LogP contribution in [0.3, 0.4) is 0 Å². The zero-order chi connectivity index (χ0) is 9.84. The van der Waals surface area contributed by atoms with Gasteiger partial charge in [0.15, 0.2) is 0 Å². The Kier molecular flexibility index (Phi) is 9.33. The number of carbonyl (C=O) groups is 1.